The number of hydrogen-bond donors (Lipinski definition) is 2. The summed E-state index contributed by atoms with van der Waals surface area (Å²) in [6.45, 7) is 5.66. The zero-order valence-corrected chi connectivity index (χ0v) is 19.9. The number of hydrogen-bond acceptors (Lipinski definition) is 5. The Labute approximate surface area is 206 Å². The van der Waals surface area contributed by atoms with Gasteiger partial charge < -0.3 is 15.4 Å². The lowest BCUT2D eigenvalue weighted by molar-refractivity contribution is -0.117. The summed E-state index contributed by atoms with van der Waals surface area (Å²) in [6, 6.07) is 26.7. The molecule has 1 aliphatic heterocycles. The Kier molecular flexibility index (Phi) is 8.86. The van der Waals surface area contributed by atoms with Crippen molar-refractivity contribution in [1.82, 2.24) is 15.1 Å². The zero-order valence-electron chi connectivity index (χ0n) is 19.9. The number of carbonyl (C=O) groups is 2. The molecule has 3 aromatic carbocycles. The summed E-state index contributed by atoms with van der Waals surface area (Å²) >= 11 is 0. The lowest BCUT2D eigenvalue weighted by Gasteiger charge is -2.34. The summed E-state index contributed by atoms with van der Waals surface area (Å²) in [5.74, 6) is 0.557. The molecule has 182 valence electrons. The highest BCUT2D eigenvalue weighted by molar-refractivity contribution is 6.04. The summed E-state index contributed by atoms with van der Waals surface area (Å²) in [7, 11) is 0. The van der Waals surface area contributed by atoms with Gasteiger partial charge in [-0.25, -0.2) is 0 Å². The fourth-order valence-corrected chi connectivity index (χ4v) is 4.04. The molecule has 7 heteroatoms. The molecule has 1 aliphatic rings. The van der Waals surface area contributed by atoms with E-state index in [9.17, 15) is 9.59 Å². The van der Waals surface area contributed by atoms with Crippen LogP contribution in [0.15, 0.2) is 84.9 Å². The molecule has 0 atom stereocenters. The van der Waals surface area contributed by atoms with Gasteiger partial charge in [-0.15, -0.1) is 0 Å². The van der Waals surface area contributed by atoms with Gasteiger partial charge >= 0.3 is 0 Å². The fraction of sp³-hybridized carbons (Fsp3) is 0.286. The second-order valence-corrected chi connectivity index (χ2v) is 8.54. The Morgan fingerprint density at radius 3 is 2.14 bits per heavy atom. The van der Waals surface area contributed by atoms with Crippen molar-refractivity contribution < 1.29 is 14.3 Å². The second-order valence-electron chi connectivity index (χ2n) is 8.54. The van der Waals surface area contributed by atoms with Crippen LogP contribution in [-0.2, 0) is 11.3 Å². The van der Waals surface area contributed by atoms with Gasteiger partial charge in [0.25, 0.3) is 5.91 Å². The van der Waals surface area contributed by atoms with Crippen LogP contribution in [0.5, 0.6) is 5.75 Å². The molecule has 4 rings (SSSR count). The van der Waals surface area contributed by atoms with Crippen molar-refractivity contribution in [3.8, 4) is 5.75 Å². The minimum absolute atomic E-state index is 0.117. The van der Waals surface area contributed by atoms with Crippen molar-refractivity contribution in [1.29, 1.82) is 0 Å². The van der Waals surface area contributed by atoms with Gasteiger partial charge in [-0.1, -0.05) is 60.7 Å². The number of piperazine rings is 1. The monoisotopic (exact) mass is 472 g/mol. The van der Waals surface area contributed by atoms with Gasteiger partial charge in [0.1, 0.15) is 12.4 Å². The van der Waals surface area contributed by atoms with Gasteiger partial charge in [-0.2, -0.15) is 0 Å². The molecule has 0 radical (unpaired) electrons. The van der Waals surface area contributed by atoms with E-state index in [2.05, 4.69) is 20.4 Å². The summed E-state index contributed by atoms with van der Waals surface area (Å²) in [4.78, 5) is 30.0. The summed E-state index contributed by atoms with van der Waals surface area (Å²) in [5.41, 5.74) is 2.01. The normalized spacial score (nSPS) is 14.3. The standard InChI is InChI=1S/C28H32N4O3/c33-27(22-32-17-15-31(16-18-32)19-20-35-24-11-5-2-6-12-24)30-26-14-8-7-13-25(26)28(34)29-21-23-9-3-1-4-10-23/h1-14H,15-22H2,(H,29,34)(H,30,33). The second kappa shape index (κ2) is 12.7. The molecule has 1 saturated heterocycles. The van der Waals surface area contributed by atoms with Crippen LogP contribution in [0, 0.1) is 0 Å². The summed E-state index contributed by atoms with van der Waals surface area (Å²) in [6.07, 6.45) is 0. The molecule has 0 aromatic heterocycles. The molecule has 7 nitrogen and oxygen atoms in total. The van der Waals surface area contributed by atoms with Crippen LogP contribution in [0.2, 0.25) is 0 Å². The Hall–Kier alpha value is -3.68. The predicted octanol–water partition coefficient (Wildman–Crippen LogP) is 3.25. The van der Waals surface area contributed by atoms with Crippen molar-refractivity contribution in [2.75, 3.05) is 51.2 Å². The molecule has 0 bridgehead atoms. The highest BCUT2D eigenvalue weighted by Crippen LogP contribution is 2.16. The van der Waals surface area contributed by atoms with Gasteiger partial charge in [-0.3, -0.25) is 19.4 Å². The Morgan fingerprint density at radius 1 is 0.771 bits per heavy atom. The van der Waals surface area contributed by atoms with E-state index in [0.717, 1.165) is 44.0 Å². The lowest BCUT2D eigenvalue weighted by Crippen LogP contribution is -2.49. The molecule has 0 unspecified atom stereocenters. The van der Waals surface area contributed by atoms with E-state index in [1.54, 1.807) is 18.2 Å². The van der Waals surface area contributed by atoms with E-state index in [0.29, 0.717) is 30.9 Å². The first-order valence-corrected chi connectivity index (χ1v) is 12.0. The van der Waals surface area contributed by atoms with Gasteiger partial charge in [0.05, 0.1) is 17.8 Å². The van der Waals surface area contributed by atoms with Crippen LogP contribution in [0.1, 0.15) is 15.9 Å². The third-order valence-corrected chi connectivity index (χ3v) is 5.99. The summed E-state index contributed by atoms with van der Waals surface area (Å²) < 4.78 is 5.79. The number of ether oxygens (including phenoxy) is 1. The molecule has 0 aliphatic carbocycles. The van der Waals surface area contributed by atoms with Gasteiger partial charge in [-0.05, 0) is 29.8 Å². The number of anilines is 1. The number of amides is 2. The molecular weight excluding hydrogens is 440 g/mol. The molecule has 1 heterocycles. The Bertz CT molecular complexity index is 1080. The fourth-order valence-electron chi connectivity index (χ4n) is 4.04. The minimum Gasteiger partial charge on any atom is -0.492 e. The maximum absolute atomic E-state index is 12.7. The highest BCUT2D eigenvalue weighted by atomic mass is 16.5. The van der Waals surface area contributed by atoms with E-state index in [-0.39, 0.29) is 11.8 Å². The van der Waals surface area contributed by atoms with Crippen molar-refractivity contribution >= 4 is 17.5 Å². The first kappa shape index (κ1) is 24.4. The third kappa shape index (κ3) is 7.67. The van der Waals surface area contributed by atoms with E-state index < -0.39 is 0 Å². The molecule has 3 aromatic rings. The SMILES string of the molecule is O=C(CN1CCN(CCOc2ccccc2)CC1)Nc1ccccc1C(=O)NCc1ccccc1. The van der Waals surface area contributed by atoms with Crippen LogP contribution in [0.3, 0.4) is 0 Å². The van der Waals surface area contributed by atoms with E-state index >= 15 is 0 Å². The molecule has 2 N–H and O–H groups in total. The third-order valence-electron chi connectivity index (χ3n) is 5.99. The average Bonchev–Trinajstić information content (AvgIpc) is 2.90. The molecule has 35 heavy (non-hydrogen) atoms. The predicted molar refractivity (Wildman–Crippen MR) is 138 cm³/mol. The number of nitrogens with zero attached hydrogens (tertiary/aromatic N) is 2. The average molecular weight is 473 g/mol. The first-order chi connectivity index (χ1) is 17.2. The van der Waals surface area contributed by atoms with Gasteiger partial charge in [0, 0.05) is 39.3 Å². The highest BCUT2D eigenvalue weighted by Gasteiger charge is 2.20. The van der Waals surface area contributed by atoms with E-state index in [1.807, 2.05) is 66.7 Å². The van der Waals surface area contributed by atoms with Gasteiger partial charge in [0.15, 0.2) is 0 Å². The van der Waals surface area contributed by atoms with Crippen LogP contribution in [0.25, 0.3) is 0 Å². The molecule has 0 saturated carbocycles. The molecule has 1 fully saturated rings. The number of rotatable bonds is 10. The Morgan fingerprint density at radius 2 is 1.40 bits per heavy atom. The van der Waals surface area contributed by atoms with Crippen molar-refractivity contribution in [2.45, 2.75) is 6.54 Å². The minimum atomic E-state index is -0.212. The Balaban J connectivity index is 1.20. The lowest BCUT2D eigenvalue weighted by atomic mass is 10.1. The van der Waals surface area contributed by atoms with E-state index in [1.165, 1.54) is 0 Å². The quantitative estimate of drug-likeness (QED) is 0.474. The van der Waals surface area contributed by atoms with Crippen molar-refractivity contribution in [2.24, 2.45) is 0 Å². The van der Waals surface area contributed by atoms with Crippen molar-refractivity contribution in [3.05, 3.63) is 96.1 Å². The maximum Gasteiger partial charge on any atom is 0.253 e. The maximum atomic E-state index is 12.7. The number of para-hydroxylation sites is 2. The molecule has 2 amide bonds. The molecule has 0 spiro atoms. The summed E-state index contributed by atoms with van der Waals surface area (Å²) in [5, 5.41) is 5.85. The number of carbonyl (C=O) groups excluding carboxylic acids is 2. The smallest absolute Gasteiger partial charge is 0.253 e. The number of nitrogens with one attached hydrogen (secondary N) is 2. The van der Waals surface area contributed by atoms with Crippen molar-refractivity contribution in [3.63, 3.8) is 0 Å². The first-order valence-electron chi connectivity index (χ1n) is 12.0. The van der Waals surface area contributed by atoms with Crippen LogP contribution in [0.4, 0.5) is 5.69 Å². The van der Waals surface area contributed by atoms with Crippen LogP contribution >= 0.6 is 0 Å². The number of benzene rings is 3. The molecular formula is C28H32N4O3. The topological polar surface area (TPSA) is 73.9 Å². The van der Waals surface area contributed by atoms with Gasteiger partial charge in [0.2, 0.25) is 5.91 Å². The van der Waals surface area contributed by atoms with E-state index in [4.69, 9.17) is 4.74 Å². The van der Waals surface area contributed by atoms with Crippen LogP contribution < -0.4 is 15.4 Å². The van der Waals surface area contributed by atoms with Crippen LogP contribution in [-0.4, -0.2) is 67.5 Å². The largest absolute Gasteiger partial charge is 0.492 e. The zero-order chi connectivity index (χ0) is 24.3.